The van der Waals surface area contributed by atoms with Crippen LogP contribution in [-0.4, -0.2) is 63.7 Å². The zero-order valence-electron chi connectivity index (χ0n) is 15.3. The summed E-state index contributed by atoms with van der Waals surface area (Å²) < 4.78 is 1.27. The number of benzene rings is 1. The zero-order valence-corrected chi connectivity index (χ0v) is 16.9. The van der Waals surface area contributed by atoms with Crippen LogP contribution >= 0.6 is 22.9 Å². The number of aromatic amines is 1. The van der Waals surface area contributed by atoms with Gasteiger partial charge in [0.2, 0.25) is 0 Å². The maximum atomic E-state index is 12.4. The van der Waals surface area contributed by atoms with E-state index in [1.165, 1.54) is 15.0 Å². The van der Waals surface area contributed by atoms with Crippen molar-refractivity contribution in [3.05, 3.63) is 52.1 Å². The average Bonchev–Trinajstić information content (AvgIpc) is 3.41. The largest absolute Gasteiger partial charge is 0.483 e. The fourth-order valence-corrected chi connectivity index (χ4v) is 4.64. The number of thiophene rings is 1. The quantitative estimate of drug-likeness (QED) is 0.632. The molecule has 1 amide bonds. The molecule has 1 aliphatic rings. The molecule has 2 N–H and O–H groups in total. The minimum atomic E-state index is -0.250. The molecule has 0 aliphatic carbocycles. The van der Waals surface area contributed by atoms with E-state index < -0.39 is 0 Å². The van der Waals surface area contributed by atoms with Crippen LogP contribution in [0.5, 0.6) is 0 Å². The number of carbonyl (C=O) groups excluding carboxylic acids is 1. The van der Waals surface area contributed by atoms with Crippen molar-refractivity contribution in [3.63, 3.8) is 0 Å². The Morgan fingerprint density at radius 1 is 1.46 bits per heavy atom. The Bertz CT molecular complexity index is 944. The van der Waals surface area contributed by atoms with Crippen molar-refractivity contribution in [3.8, 4) is 0 Å². The Balaban J connectivity index is 0.000000706. The molecule has 0 unspecified atom stereocenters. The predicted octanol–water partition coefficient (Wildman–Crippen LogP) is 3.33. The number of hydrogen-bond donors (Lipinski definition) is 2. The van der Waals surface area contributed by atoms with Crippen LogP contribution in [0.25, 0.3) is 10.1 Å². The molecular formula is C19H21ClN4O3S. The van der Waals surface area contributed by atoms with Crippen LogP contribution in [0.15, 0.2) is 36.5 Å². The van der Waals surface area contributed by atoms with Crippen LogP contribution in [0.3, 0.4) is 0 Å². The molecule has 1 aliphatic heterocycles. The molecule has 1 fully saturated rings. The topological polar surface area (TPSA) is 89.5 Å². The summed E-state index contributed by atoms with van der Waals surface area (Å²) in [7, 11) is 1.87. The van der Waals surface area contributed by atoms with Gasteiger partial charge >= 0.3 is 0 Å². The van der Waals surface area contributed by atoms with Crippen molar-refractivity contribution in [1.82, 2.24) is 20.0 Å². The van der Waals surface area contributed by atoms with Crippen molar-refractivity contribution < 1.29 is 14.7 Å². The molecule has 0 radical (unpaired) electrons. The van der Waals surface area contributed by atoms with Crippen LogP contribution in [0.2, 0.25) is 5.02 Å². The molecule has 0 spiro atoms. The van der Waals surface area contributed by atoms with Gasteiger partial charge in [-0.1, -0.05) is 11.6 Å². The first kappa shape index (κ1) is 20.3. The number of carbonyl (C=O) groups is 2. The van der Waals surface area contributed by atoms with Gasteiger partial charge in [-0.2, -0.15) is 5.10 Å². The van der Waals surface area contributed by atoms with Gasteiger partial charge in [-0.3, -0.25) is 19.6 Å². The first-order valence-electron chi connectivity index (χ1n) is 8.76. The summed E-state index contributed by atoms with van der Waals surface area (Å²) >= 11 is 7.89. The highest BCUT2D eigenvalue weighted by Gasteiger charge is 2.29. The maximum absolute atomic E-state index is 12.4. The van der Waals surface area contributed by atoms with E-state index in [-0.39, 0.29) is 18.4 Å². The summed E-state index contributed by atoms with van der Waals surface area (Å²) in [4.78, 5) is 26.4. The monoisotopic (exact) mass is 420 g/mol. The van der Waals surface area contributed by atoms with E-state index in [1.807, 2.05) is 35.4 Å². The van der Waals surface area contributed by atoms with E-state index in [0.717, 1.165) is 31.1 Å². The molecule has 1 saturated heterocycles. The van der Waals surface area contributed by atoms with Crippen LogP contribution in [0.1, 0.15) is 21.8 Å². The fourth-order valence-electron chi connectivity index (χ4n) is 3.37. The Morgan fingerprint density at radius 2 is 2.25 bits per heavy atom. The Kier molecular flexibility index (Phi) is 6.66. The lowest BCUT2D eigenvalue weighted by Crippen LogP contribution is -2.39. The van der Waals surface area contributed by atoms with Crippen molar-refractivity contribution in [1.29, 1.82) is 0 Å². The number of rotatable bonds is 4. The van der Waals surface area contributed by atoms with E-state index in [0.29, 0.717) is 5.69 Å². The molecule has 7 nitrogen and oxygen atoms in total. The van der Waals surface area contributed by atoms with Gasteiger partial charge in [-0.25, -0.2) is 0 Å². The number of hydrogen-bond acceptors (Lipinski definition) is 5. The molecule has 2 aromatic heterocycles. The van der Waals surface area contributed by atoms with E-state index in [1.54, 1.807) is 12.3 Å². The molecule has 0 bridgehead atoms. The summed E-state index contributed by atoms with van der Waals surface area (Å²) in [5, 5.41) is 15.5. The number of halogens is 1. The lowest BCUT2D eigenvalue weighted by molar-refractivity contribution is -0.122. The molecule has 9 heteroatoms. The summed E-state index contributed by atoms with van der Waals surface area (Å²) in [6, 6.07) is 10.2. The highest BCUT2D eigenvalue weighted by Crippen LogP contribution is 2.30. The van der Waals surface area contributed by atoms with Crippen LogP contribution in [-0.2, 0) is 11.3 Å². The third-order valence-electron chi connectivity index (χ3n) is 4.76. The van der Waals surface area contributed by atoms with Crippen molar-refractivity contribution >= 4 is 45.4 Å². The molecule has 1 aromatic carbocycles. The van der Waals surface area contributed by atoms with Crippen molar-refractivity contribution in [2.45, 2.75) is 19.0 Å². The number of likely N-dealkylation sites (tertiary alicyclic amines) is 1. The van der Waals surface area contributed by atoms with Gasteiger partial charge in [0.05, 0.1) is 0 Å². The second-order valence-corrected chi connectivity index (χ2v) is 8.17. The molecule has 28 heavy (non-hydrogen) atoms. The van der Waals surface area contributed by atoms with Crippen molar-refractivity contribution in [2.24, 2.45) is 0 Å². The molecule has 4 rings (SSSR count). The van der Waals surface area contributed by atoms with E-state index in [2.05, 4.69) is 27.2 Å². The number of H-pyrrole nitrogens is 1. The number of nitrogens with one attached hydrogen (secondary N) is 1. The molecule has 1 atom stereocenters. The average molecular weight is 421 g/mol. The van der Waals surface area contributed by atoms with Gasteiger partial charge in [-0.05, 0) is 42.1 Å². The van der Waals surface area contributed by atoms with Crippen molar-refractivity contribution in [2.75, 3.05) is 20.1 Å². The highest BCUT2D eigenvalue weighted by molar-refractivity contribution is 7.19. The second kappa shape index (κ2) is 9.18. The first-order valence-corrected chi connectivity index (χ1v) is 9.96. The Labute approximate surface area is 171 Å². The van der Waals surface area contributed by atoms with Gasteiger partial charge in [0, 0.05) is 53.5 Å². The number of likely N-dealkylation sites (N-methyl/N-ethyl adjacent to an activating group) is 1. The van der Waals surface area contributed by atoms with Crippen LogP contribution < -0.4 is 0 Å². The number of nitrogens with zero attached hydrogens (tertiary/aromatic N) is 3. The molecule has 148 valence electrons. The molecular weight excluding hydrogens is 400 g/mol. The Hall–Kier alpha value is -2.42. The highest BCUT2D eigenvalue weighted by atomic mass is 35.5. The number of fused-ring (bicyclic) bond motifs is 1. The van der Waals surface area contributed by atoms with Gasteiger partial charge in [-0.15, -0.1) is 11.3 Å². The zero-order chi connectivity index (χ0) is 20.1. The van der Waals surface area contributed by atoms with Gasteiger partial charge in [0.25, 0.3) is 12.4 Å². The van der Waals surface area contributed by atoms with Gasteiger partial charge < -0.3 is 10.0 Å². The molecule has 0 saturated carbocycles. The van der Waals surface area contributed by atoms with E-state index in [4.69, 9.17) is 21.5 Å². The van der Waals surface area contributed by atoms with Gasteiger partial charge in [0.1, 0.15) is 5.69 Å². The molecule has 3 heterocycles. The first-order chi connectivity index (χ1) is 13.5. The maximum Gasteiger partial charge on any atom is 0.290 e. The lowest BCUT2D eigenvalue weighted by atomic mass is 10.2. The lowest BCUT2D eigenvalue weighted by Gasteiger charge is -2.24. The third-order valence-corrected chi connectivity index (χ3v) is 6.09. The summed E-state index contributed by atoms with van der Waals surface area (Å²) in [5.74, 6) is 0.000791. The number of aromatic nitrogens is 2. The Morgan fingerprint density at radius 3 is 2.96 bits per heavy atom. The minimum Gasteiger partial charge on any atom is -0.483 e. The second-order valence-electron chi connectivity index (χ2n) is 6.56. The predicted molar refractivity (Wildman–Crippen MR) is 110 cm³/mol. The SMILES string of the molecule is CN(C(=O)c1ccn[nH]1)[C@H]1CCN(Cc2cc3cc(Cl)ccc3s2)C1.O=CO. The van der Waals surface area contributed by atoms with Crippen LogP contribution in [0.4, 0.5) is 0 Å². The van der Waals surface area contributed by atoms with Gasteiger partial charge in [0.15, 0.2) is 0 Å². The standard InChI is InChI=1S/C18H19ClN4OS.CH2O2/c1-22(18(24)16-4-6-20-21-16)14-5-7-23(10-14)11-15-9-12-8-13(19)2-3-17(12)25-15;2-1-3/h2-4,6,8-9,14H,5,7,10-11H2,1H3,(H,20,21);1H,(H,2,3)/t14-;/m0./s1. The number of carboxylic acid groups (broad SMARTS) is 1. The third kappa shape index (κ3) is 4.70. The summed E-state index contributed by atoms with van der Waals surface area (Å²) in [6.45, 7) is 2.56. The summed E-state index contributed by atoms with van der Waals surface area (Å²) in [6.07, 6.45) is 2.60. The fraction of sp³-hybridized carbons (Fsp3) is 0.316. The minimum absolute atomic E-state index is 0.000791. The van der Waals surface area contributed by atoms with Crippen LogP contribution in [0, 0.1) is 0 Å². The number of amides is 1. The van der Waals surface area contributed by atoms with E-state index in [9.17, 15) is 4.79 Å². The molecule has 3 aromatic rings. The van der Waals surface area contributed by atoms with E-state index >= 15 is 0 Å². The summed E-state index contributed by atoms with van der Waals surface area (Å²) in [5.41, 5.74) is 0.544. The normalized spacial score (nSPS) is 16.6. The smallest absolute Gasteiger partial charge is 0.290 e.